The third-order valence-corrected chi connectivity index (χ3v) is 3.93. The smallest absolute Gasteiger partial charge is 0.346 e. The zero-order valence-corrected chi connectivity index (χ0v) is 11.8. The molecule has 0 saturated carbocycles. The highest BCUT2D eigenvalue weighted by Crippen LogP contribution is 2.36. The fourth-order valence-electron chi connectivity index (χ4n) is 2.81. The van der Waals surface area contributed by atoms with Gasteiger partial charge >= 0.3 is 5.97 Å². The van der Waals surface area contributed by atoms with Gasteiger partial charge in [0, 0.05) is 0 Å². The minimum Gasteiger partial charge on any atom is -0.479 e. The molecule has 0 radical (unpaired) electrons. The van der Waals surface area contributed by atoms with Crippen molar-refractivity contribution < 1.29 is 14.7 Å². The number of hydrogen-bond acceptors (Lipinski definition) is 4. The van der Waals surface area contributed by atoms with Crippen molar-refractivity contribution in [1.29, 1.82) is 0 Å². The molecule has 0 bridgehead atoms. The van der Waals surface area contributed by atoms with Gasteiger partial charge in [-0.15, -0.1) is 0 Å². The first-order valence-electron chi connectivity index (χ1n) is 7.01. The van der Waals surface area contributed by atoms with Crippen LogP contribution in [0.25, 0.3) is 0 Å². The first-order valence-corrected chi connectivity index (χ1v) is 7.01. The fourth-order valence-corrected chi connectivity index (χ4v) is 2.81. The molecule has 5 nitrogen and oxygen atoms in total. The molecular formula is C17H16N2O3. The molecule has 0 aromatic heterocycles. The third-order valence-electron chi connectivity index (χ3n) is 3.93. The van der Waals surface area contributed by atoms with E-state index in [9.17, 15) is 14.7 Å². The zero-order valence-electron chi connectivity index (χ0n) is 11.8. The quantitative estimate of drug-likeness (QED) is 0.590. The summed E-state index contributed by atoms with van der Waals surface area (Å²) in [5.74, 6) is -1.23. The lowest BCUT2D eigenvalue weighted by Crippen LogP contribution is -2.57. The Balaban J connectivity index is 2.05. The first kappa shape index (κ1) is 14.4. The predicted octanol–water partition coefficient (Wildman–Crippen LogP) is 1.64. The van der Waals surface area contributed by atoms with E-state index in [0.717, 1.165) is 11.1 Å². The minimum absolute atomic E-state index is 0.315. The Bertz CT molecular complexity index is 625. The van der Waals surface area contributed by atoms with Crippen molar-refractivity contribution in [3.8, 4) is 0 Å². The first-order chi connectivity index (χ1) is 10.7. The molecule has 2 unspecified atom stereocenters. The molecule has 0 amide bonds. The summed E-state index contributed by atoms with van der Waals surface area (Å²) in [6.07, 6.45) is 0.411. The highest BCUT2D eigenvalue weighted by molar-refractivity contribution is 5.97. The number of carbonyl (C=O) groups excluding carboxylic acids is 1. The molecule has 3 atom stereocenters. The molecule has 112 valence electrons. The van der Waals surface area contributed by atoms with Crippen molar-refractivity contribution in [3.63, 3.8) is 0 Å². The van der Waals surface area contributed by atoms with Gasteiger partial charge in [-0.3, -0.25) is 15.4 Å². The maximum Gasteiger partial charge on any atom is 0.346 e. The fraction of sp³-hybridized carbons (Fsp3) is 0.176. The average Bonchev–Trinajstić information content (AvgIpc) is 2.98. The van der Waals surface area contributed by atoms with Crippen molar-refractivity contribution in [3.05, 3.63) is 71.8 Å². The van der Waals surface area contributed by atoms with E-state index in [0.29, 0.717) is 6.29 Å². The Morgan fingerprint density at radius 3 is 1.64 bits per heavy atom. The second kappa shape index (κ2) is 5.71. The average molecular weight is 296 g/mol. The van der Waals surface area contributed by atoms with E-state index < -0.39 is 11.6 Å². The molecule has 1 saturated heterocycles. The summed E-state index contributed by atoms with van der Waals surface area (Å²) in [6.45, 7) is 0. The summed E-state index contributed by atoms with van der Waals surface area (Å²) in [6, 6.07) is 18.4. The number of carboxylic acids is 1. The van der Waals surface area contributed by atoms with E-state index >= 15 is 0 Å². The zero-order chi connectivity index (χ0) is 15.6. The third kappa shape index (κ3) is 2.41. The van der Waals surface area contributed by atoms with Crippen LogP contribution in [0, 0.1) is 0 Å². The lowest BCUT2D eigenvalue weighted by molar-refractivity contribution is -0.147. The van der Waals surface area contributed by atoms with Crippen molar-refractivity contribution in [2.24, 2.45) is 0 Å². The standard InChI is InChI=1S/C17H16N2O3/c20-11-17(16(21)22)18-14(12-7-3-1-4-8-12)15(19-17)13-9-5-2-6-10-13/h1-11,14-15,18-19H,(H,21,22)/t14-,15?,17?/m1/s1. The molecule has 5 heteroatoms. The van der Waals surface area contributed by atoms with Gasteiger partial charge in [-0.2, -0.15) is 0 Å². The second-order valence-corrected chi connectivity index (χ2v) is 5.30. The predicted molar refractivity (Wildman–Crippen MR) is 81.1 cm³/mol. The van der Waals surface area contributed by atoms with Crippen LogP contribution in [0.1, 0.15) is 23.2 Å². The van der Waals surface area contributed by atoms with Gasteiger partial charge in [0.05, 0.1) is 12.1 Å². The van der Waals surface area contributed by atoms with Gasteiger partial charge in [0.2, 0.25) is 5.66 Å². The van der Waals surface area contributed by atoms with Crippen LogP contribution < -0.4 is 10.6 Å². The lowest BCUT2D eigenvalue weighted by atomic mass is 9.95. The molecule has 2 aromatic carbocycles. The Kier molecular flexibility index (Phi) is 3.75. The number of benzene rings is 2. The Morgan fingerprint density at radius 1 is 0.909 bits per heavy atom. The largest absolute Gasteiger partial charge is 0.479 e. The van der Waals surface area contributed by atoms with Crippen LogP contribution in [0.5, 0.6) is 0 Å². The number of carboxylic acid groups (broad SMARTS) is 1. The summed E-state index contributed by atoms with van der Waals surface area (Å²) < 4.78 is 0. The van der Waals surface area contributed by atoms with E-state index in [1.54, 1.807) is 0 Å². The Hall–Kier alpha value is -2.50. The second-order valence-electron chi connectivity index (χ2n) is 5.30. The number of rotatable bonds is 4. The molecule has 1 fully saturated rings. The van der Waals surface area contributed by atoms with E-state index in [2.05, 4.69) is 10.6 Å². The topological polar surface area (TPSA) is 78.4 Å². The summed E-state index contributed by atoms with van der Waals surface area (Å²) >= 11 is 0. The van der Waals surface area contributed by atoms with Crippen molar-refractivity contribution >= 4 is 12.3 Å². The van der Waals surface area contributed by atoms with Crippen molar-refractivity contribution in [2.45, 2.75) is 17.7 Å². The normalized spacial score (nSPS) is 27.5. The van der Waals surface area contributed by atoms with Crippen molar-refractivity contribution in [2.75, 3.05) is 0 Å². The molecule has 0 aliphatic carbocycles. The van der Waals surface area contributed by atoms with E-state index in [-0.39, 0.29) is 12.1 Å². The minimum atomic E-state index is -1.78. The Morgan fingerprint density at radius 2 is 1.32 bits per heavy atom. The van der Waals surface area contributed by atoms with Crippen LogP contribution >= 0.6 is 0 Å². The summed E-state index contributed by atoms with van der Waals surface area (Å²) in [7, 11) is 0. The number of aliphatic carboxylic acids is 1. The van der Waals surface area contributed by atoms with Crippen LogP contribution in [-0.2, 0) is 9.59 Å². The van der Waals surface area contributed by atoms with Gasteiger partial charge in [-0.25, -0.2) is 4.79 Å². The van der Waals surface area contributed by atoms with Gasteiger partial charge in [0.25, 0.3) is 0 Å². The highest BCUT2D eigenvalue weighted by Gasteiger charge is 2.50. The van der Waals surface area contributed by atoms with Crippen LogP contribution in [0.2, 0.25) is 0 Å². The molecular weight excluding hydrogens is 280 g/mol. The van der Waals surface area contributed by atoms with Crippen LogP contribution in [0.4, 0.5) is 0 Å². The van der Waals surface area contributed by atoms with Gasteiger partial charge in [0.15, 0.2) is 6.29 Å². The number of hydrogen-bond donors (Lipinski definition) is 3. The summed E-state index contributed by atoms with van der Waals surface area (Å²) in [5.41, 5.74) is 0.0729. The molecule has 1 aliphatic rings. The van der Waals surface area contributed by atoms with E-state index in [1.165, 1.54) is 0 Å². The molecule has 0 spiro atoms. The summed E-state index contributed by atoms with van der Waals surface area (Å²) in [4.78, 5) is 23.0. The lowest BCUT2D eigenvalue weighted by Gasteiger charge is -2.19. The van der Waals surface area contributed by atoms with E-state index in [1.807, 2.05) is 60.7 Å². The molecule has 2 aromatic rings. The van der Waals surface area contributed by atoms with Gasteiger partial charge < -0.3 is 5.11 Å². The van der Waals surface area contributed by atoms with Gasteiger partial charge in [-0.1, -0.05) is 60.7 Å². The van der Waals surface area contributed by atoms with Crippen LogP contribution in [-0.4, -0.2) is 23.0 Å². The number of aldehydes is 1. The Labute approximate surface area is 128 Å². The molecule has 3 rings (SSSR count). The number of nitrogens with one attached hydrogen (secondary N) is 2. The van der Waals surface area contributed by atoms with Gasteiger partial charge in [0.1, 0.15) is 0 Å². The maximum absolute atomic E-state index is 11.6. The monoisotopic (exact) mass is 296 g/mol. The SMILES string of the molecule is O=CC1(C(=O)O)NC(c2ccccc2)[C@@H](c2ccccc2)N1. The molecule has 22 heavy (non-hydrogen) atoms. The van der Waals surface area contributed by atoms with Gasteiger partial charge in [-0.05, 0) is 11.1 Å². The van der Waals surface area contributed by atoms with E-state index in [4.69, 9.17) is 0 Å². The highest BCUT2D eigenvalue weighted by atomic mass is 16.4. The van der Waals surface area contributed by atoms with Crippen LogP contribution in [0.15, 0.2) is 60.7 Å². The van der Waals surface area contributed by atoms with Crippen LogP contribution in [0.3, 0.4) is 0 Å². The molecule has 3 N–H and O–H groups in total. The molecule has 1 heterocycles. The summed E-state index contributed by atoms with van der Waals surface area (Å²) in [5, 5.41) is 15.3. The number of carbonyl (C=O) groups is 2. The molecule has 1 aliphatic heterocycles. The maximum atomic E-state index is 11.6. The van der Waals surface area contributed by atoms with Crippen molar-refractivity contribution in [1.82, 2.24) is 10.6 Å².